The van der Waals surface area contributed by atoms with Gasteiger partial charge in [0.2, 0.25) is 0 Å². The topological polar surface area (TPSA) is 15.3 Å². The lowest BCUT2D eigenvalue weighted by atomic mass is 10.0. The number of allylic oxidation sites excluding steroid dienone is 1. The number of rotatable bonds is 4. The van der Waals surface area contributed by atoms with Crippen LogP contribution in [0.15, 0.2) is 35.9 Å². The second-order valence-electron chi connectivity index (χ2n) is 5.51. The van der Waals surface area contributed by atoms with E-state index in [1.54, 1.807) is 12.1 Å². The molecule has 0 unspecified atom stereocenters. The molecule has 2 rings (SSSR count). The van der Waals surface area contributed by atoms with Crippen LogP contribution >= 0.6 is 0 Å². The minimum Gasteiger partial charge on any atom is -0.382 e. The minimum absolute atomic E-state index is 0.175. The highest BCUT2D eigenvalue weighted by Crippen LogP contribution is 2.17. The van der Waals surface area contributed by atoms with Crippen molar-refractivity contribution >= 4 is 5.69 Å². The first-order valence-electron chi connectivity index (χ1n) is 7.01. The Bertz CT molecular complexity index is 430. The zero-order valence-electron chi connectivity index (χ0n) is 11.8. The van der Waals surface area contributed by atoms with E-state index in [0.29, 0.717) is 6.04 Å². The summed E-state index contributed by atoms with van der Waals surface area (Å²) in [7, 11) is 0. The Kier molecular flexibility index (Phi) is 4.97. The van der Waals surface area contributed by atoms with Gasteiger partial charge in [-0.25, -0.2) is 4.39 Å². The van der Waals surface area contributed by atoms with Gasteiger partial charge in [-0.15, -0.1) is 0 Å². The van der Waals surface area contributed by atoms with E-state index in [1.165, 1.54) is 11.6 Å². The molecule has 0 aliphatic carbocycles. The van der Waals surface area contributed by atoms with Crippen molar-refractivity contribution in [3.05, 3.63) is 41.7 Å². The van der Waals surface area contributed by atoms with E-state index in [0.717, 1.165) is 38.2 Å². The van der Waals surface area contributed by atoms with Crippen LogP contribution in [0.4, 0.5) is 10.1 Å². The first kappa shape index (κ1) is 14.1. The monoisotopic (exact) mass is 262 g/mol. The van der Waals surface area contributed by atoms with E-state index in [-0.39, 0.29) is 5.82 Å². The number of piperidine rings is 1. The van der Waals surface area contributed by atoms with E-state index >= 15 is 0 Å². The molecule has 0 aromatic heterocycles. The third kappa shape index (κ3) is 4.67. The van der Waals surface area contributed by atoms with Gasteiger partial charge in [0, 0.05) is 31.4 Å². The molecule has 3 heteroatoms. The predicted octanol–water partition coefficient (Wildman–Crippen LogP) is 3.67. The third-order valence-electron chi connectivity index (χ3n) is 3.54. The maximum Gasteiger partial charge on any atom is 0.125 e. The Morgan fingerprint density at radius 1 is 1.37 bits per heavy atom. The first-order valence-corrected chi connectivity index (χ1v) is 7.01. The smallest absolute Gasteiger partial charge is 0.125 e. The van der Waals surface area contributed by atoms with Crippen molar-refractivity contribution in [2.24, 2.45) is 0 Å². The van der Waals surface area contributed by atoms with E-state index < -0.39 is 0 Å². The Morgan fingerprint density at radius 3 is 2.74 bits per heavy atom. The van der Waals surface area contributed by atoms with Crippen LogP contribution in [-0.4, -0.2) is 30.6 Å². The van der Waals surface area contributed by atoms with Crippen molar-refractivity contribution in [1.29, 1.82) is 0 Å². The van der Waals surface area contributed by atoms with Gasteiger partial charge in [-0.3, -0.25) is 4.90 Å². The van der Waals surface area contributed by atoms with Crippen LogP contribution in [-0.2, 0) is 0 Å². The second-order valence-corrected chi connectivity index (χ2v) is 5.51. The Labute approximate surface area is 115 Å². The molecule has 0 spiro atoms. The number of anilines is 1. The molecular formula is C16H23FN2. The Balaban J connectivity index is 1.79. The number of hydrogen-bond donors (Lipinski definition) is 1. The molecule has 1 N–H and O–H groups in total. The molecule has 1 fully saturated rings. The fraction of sp³-hybridized carbons (Fsp3) is 0.500. The number of hydrogen-bond acceptors (Lipinski definition) is 2. The number of nitrogens with one attached hydrogen (secondary N) is 1. The molecule has 1 aromatic carbocycles. The minimum atomic E-state index is -0.175. The summed E-state index contributed by atoms with van der Waals surface area (Å²) in [6, 6.07) is 7.19. The molecule has 0 amide bonds. The van der Waals surface area contributed by atoms with Gasteiger partial charge in [-0.2, -0.15) is 0 Å². The zero-order valence-corrected chi connectivity index (χ0v) is 11.8. The molecule has 19 heavy (non-hydrogen) atoms. The van der Waals surface area contributed by atoms with Crippen molar-refractivity contribution in [2.45, 2.75) is 32.7 Å². The lowest BCUT2D eigenvalue weighted by molar-refractivity contribution is 0.240. The van der Waals surface area contributed by atoms with Crippen LogP contribution in [0, 0.1) is 5.82 Å². The summed E-state index contributed by atoms with van der Waals surface area (Å²) >= 11 is 0. The Morgan fingerprint density at radius 2 is 2.11 bits per heavy atom. The van der Waals surface area contributed by atoms with Gasteiger partial charge in [0.15, 0.2) is 0 Å². The van der Waals surface area contributed by atoms with E-state index in [9.17, 15) is 4.39 Å². The van der Waals surface area contributed by atoms with E-state index in [4.69, 9.17) is 0 Å². The van der Waals surface area contributed by atoms with Crippen LogP contribution in [0.3, 0.4) is 0 Å². The number of benzene rings is 1. The number of likely N-dealkylation sites (tertiary alicyclic amines) is 1. The summed E-state index contributed by atoms with van der Waals surface area (Å²) < 4.78 is 13.1. The van der Waals surface area contributed by atoms with Crippen LogP contribution in [0.2, 0.25) is 0 Å². The third-order valence-corrected chi connectivity index (χ3v) is 3.54. The van der Waals surface area contributed by atoms with Crippen molar-refractivity contribution in [2.75, 3.05) is 25.0 Å². The summed E-state index contributed by atoms with van der Waals surface area (Å²) in [6.07, 6.45) is 4.51. The maximum absolute atomic E-state index is 13.1. The summed E-state index contributed by atoms with van der Waals surface area (Å²) in [4.78, 5) is 2.47. The zero-order chi connectivity index (χ0) is 13.7. The van der Waals surface area contributed by atoms with Gasteiger partial charge in [-0.05, 0) is 44.9 Å². The fourth-order valence-corrected chi connectivity index (χ4v) is 2.39. The van der Waals surface area contributed by atoms with E-state index in [2.05, 4.69) is 30.1 Å². The molecule has 1 aromatic rings. The standard InChI is InChI=1S/C16H23FN2/c1-13(2)6-9-19-10-7-15(8-11-19)18-16-5-3-4-14(17)12-16/h3-6,12,15,18H,7-11H2,1-2H3. The van der Waals surface area contributed by atoms with Crippen molar-refractivity contribution in [3.63, 3.8) is 0 Å². The van der Waals surface area contributed by atoms with Crippen LogP contribution in [0.5, 0.6) is 0 Å². The lowest BCUT2D eigenvalue weighted by Gasteiger charge is -2.32. The van der Waals surface area contributed by atoms with Crippen LogP contribution in [0.1, 0.15) is 26.7 Å². The summed E-state index contributed by atoms with van der Waals surface area (Å²) in [5, 5.41) is 3.43. The highest BCUT2D eigenvalue weighted by Gasteiger charge is 2.18. The predicted molar refractivity (Wildman–Crippen MR) is 78.9 cm³/mol. The Hall–Kier alpha value is -1.35. The molecule has 2 nitrogen and oxygen atoms in total. The highest BCUT2D eigenvalue weighted by atomic mass is 19.1. The average Bonchev–Trinajstić information content (AvgIpc) is 2.38. The molecular weight excluding hydrogens is 239 g/mol. The molecule has 104 valence electrons. The molecule has 0 atom stereocenters. The molecule has 1 heterocycles. The highest BCUT2D eigenvalue weighted by molar-refractivity contribution is 5.44. The quantitative estimate of drug-likeness (QED) is 0.833. The van der Waals surface area contributed by atoms with Gasteiger partial charge in [-0.1, -0.05) is 17.7 Å². The maximum atomic E-state index is 13.1. The van der Waals surface area contributed by atoms with E-state index in [1.807, 2.05) is 6.07 Å². The summed E-state index contributed by atoms with van der Waals surface area (Å²) in [5.41, 5.74) is 2.27. The second kappa shape index (κ2) is 6.71. The summed E-state index contributed by atoms with van der Waals surface area (Å²) in [6.45, 7) is 7.54. The van der Waals surface area contributed by atoms with Crippen molar-refractivity contribution in [3.8, 4) is 0 Å². The fourth-order valence-electron chi connectivity index (χ4n) is 2.39. The van der Waals surface area contributed by atoms with Crippen molar-refractivity contribution in [1.82, 2.24) is 4.90 Å². The molecule has 0 radical (unpaired) electrons. The van der Waals surface area contributed by atoms with Crippen molar-refractivity contribution < 1.29 is 4.39 Å². The number of halogens is 1. The van der Waals surface area contributed by atoms with Gasteiger partial charge >= 0.3 is 0 Å². The van der Waals surface area contributed by atoms with Crippen LogP contribution < -0.4 is 5.32 Å². The number of nitrogens with zero attached hydrogens (tertiary/aromatic N) is 1. The summed E-state index contributed by atoms with van der Waals surface area (Å²) in [5.74, 6) is -0.175. The first-order chi connectivity index (χ1) is 9.13. The largest absolute Gasteiger partial charge is 0.382 e. The van der Waals surface area contributed by atoms with Gasteiger partial charge < -0.3 is 5.32 Å². The molecule has 1 saturated heterocycles. The molecule has 1 aliphatic heterocycles. The molecule has 1 aliphatic rings. The molecule has 0 saturated carbocycles. The lowest BCUT2D eigenvalue weighted by Crippen LogP contribution is -2.39. The van der Waals surface area contributed by atoms with Crippen LogP contribution in [0.25, 0.3) is 0 Å². The SMILES string of the molecule is CC(C)=CCN1CCC(Nc2cccc(F)c2)CC1. The molecule has 0 bridgehead atoms. The van der Waals surface area contributed by atoms with Gasteiger partial charge in [0.05, 0.1) is 0 Å². The average molecular weight is 262 g/mol. The normalized spacial score (nSPS) is 17.2. The van der Waals surface area contributed by atoms with Gasteiger partial charge in [0.1, 0.15) is 5.82 Å². The van der Waals surface area contributed by atoms with Gasteiger partial charge in [0.25, 0.3) is 0 Å².